The van der Waals surface area contributed by atoms with E-state index < -0.39 is 0 Å². The van der Waals surface area contributed by atoms with Gasteiger partial charge in [-0.25, -0.2) is 0 Å². The van der Waals surface area contributed by atoms with Crippen LogP contribution in [0.2, 0.25) is 0 Å². The highest BCUT2D eigenvalue weighted by atomic mass is 16.5. The first kappa shape index (κ1) is 14.5. The second-order valence-corrected chi connectivity index (χ2v) is 4.10. The van der Waals surface area contributed by atoms with Crippen LogP contribution in [0.5, 0.6) is 0 Å². The van der Waals surface area contributed by atoms with Gasteiger partial charge in [0.25, 0.3) is 0 Å². The molecule has 2 N–H and O–H groups in total. The summed E-state index contributed by atoms with van der Waals surface area (Å²) in [5.41, 5.74) is 5.55. The first-order valence-electron chi connectivity index (χ1n) is 6.13. The summed E-state index contributed by atoms with van der Waals surface area (Å²) in [6.07, 6.45) is 3.42. The standard InChI is InChI=1S/C12H21N5O/c1-18-11-10-16(6-2-5-13)7-3-8-17-9-4-12(14)15-17/h4,9H,2-3,6-8,10-11H2,1H3,(H2,14,15). The number of nitrogens with two attached hydrogens (primary N) is 1. The van der Waals surface area contributed by atoms with Gasteiger partial charge in [-0.1, -0.05) is 0 Å². The molecule has 0 aliphatic heterocycles. The number of hydrogen-bond acceptors (Lipinski definition) is 5. The molecule has 0 amide bonds. The third-order valence-electron chi connectivity index (χ3n) is 2.67. The van der Waals surface area contributed by atoms with Crippen molar-refractivity contribution in [2.24, 2.45) is 0 Å². The van der Waals surface area contributed by atoms with Gasteiger partial charge in [-0.3, -0.25) is 9.58 Å². The molecule has 1 rings (SSSR count). The van der Waals surface area contributed by atoms with Crippen LogP contribution < -0.4 is 5.73 Å². The number of aryl methyl sites for hydroxylation is 1. The maximum Gasteiger partial charge on any atom is 0.145 e. The maximum absolute atomic E-state index is 8.61. The van der Waals surface area contributed by atoms with Gasteiger partial charge < -0.3 is 10.5 Å². The molecule has 0 aliphatic carbocycles. The highest BCUT2D eigenvalue weighted by Crippen LogP contribution is 1.99. The van der Waals surface area contributed by atoms with Crippen molar-refractivity contribution in [3.63, 3.8) is 0 Å². The molecule has 0 bridgehead atoms. The molecule has 100 valence electrons. The summed E-state index contributed by atoms with van der Waals surface area (Å²) in [7, 11) is 1.69. The van der Waals surface area contributed by atoms with E-state index in [1.807, 2.05) is 10.9 Å². The van der Waals surface area contributed by atoms with Crippen molar-refractivity contribution in [2.45, 2.75) is 19.4 Å². The second-order valence-electron chi connectivity index (χ2n) is 4.10. The Labute approximate surface area is 108 Å². The topological polar surface area (TPSA) is 80.1 Å². The van der Waals surface area contributed by atoms with E-state index in [1.54, 1.807) is 13.2 Å². The fourth-order valence-corrected chi connectivity index (χ4v) is 1.72. The highest BCUT2D eigenvalue weighted by Gasteiger charge is 2.04. The summed E-state index contributed by atoms with van der Waals surface area (Å²) in [6.45, 7) is 4.12. The first-order chi connectivity index (χ1) is 8.76. The second kappa shape index (κ2) is 8.50. The molecule has 0 aromatic carbocycles. The maximum atomic E-state index is 8.61. The van der Waals surface area contributed by atoms with Crippen LogP contribution in [0.15, 0.2) is 12.3 Å². The summed E-state index contributed by atoms with van der Waals surface area (Å²) >= 11 is 0. The number of anilines is 1. The Kier molecular flexibility index (Phi) is 6.84. The molecule has 0 radical (unpaired) electrons. The van der Waals surface area contributed by atoms with Crippen molar-refractivity contribution in [3.05, 3.63) is 12.3 Å². The van der Waals surface area contributed by atoms with E-state index in [0.717, 1.165) is 32.6 Å². The van der Waals surface area contributed by atoms with Crippen LogP contribution >= 0.6 is 0 Å². The van der Waals surface area contributed by atoms with Crippen molar-refractivity contribution in [2.75, 3.05) is 39.1 Å². The van der Waals surface area contributed by atoms with Crippen LogP contribution in [0.4, 0.5) is 5.82 Å². The van der Waals surface area contributed by atoms with Crippen LogP contribution in [0, 0.1) is 11.3 Å². The molecule has 0 saturated carbocycles. The number of methoxy groups -OCH3 is 1. The van der Waals surface area contributed by atoms with E-state index >= 15 is 0 Å². The average molecular weight is 251 g/mol. The van der Waals surface area contributed by atoms with Crippen molar-refractivity contribution < 1.29 is 4.74 Å². The van der Waals surface area contributed by atoms with E-state index in [0.29, 0.717) is 18.8 Å². The number of nitriles is 1. The van der Waals surface area contributed by atoms with Gasteiger partial charge in [-0.05, 0) is 12.5 Å². The zero-order valence-electron chi connectivity index (χ0n) is 10.9. The van der Waals surface area contributed by atoms with E-state index in [2.05, 4.69) is 16.1 Å². The Bertz CT molecular complexity index is 371. The minimum atomic E-state index is 0.552. The first-order valence-corrected chi connectivity index (χ1v) is 6.13. The third-order valence-corrected chi connectivity index (χ3v) is 2.67. The fraction of sp³-hybridized carbons (Fsp3) is 0.667. The molecule has 6 heteroatoms. The van der Waals surface area contributed by atoms with Gasteiger partial charge in [0.05, 0.1) is 12.7 Å². The Morgan fingerprint density at radius 2 is 2.33 bits per heavy atom. The van der Waals surface area contributed by atoms with Gasteiger partial charge in [0.1, 0.15) is 5.82 Å². The van der Waals surface area contributed by atoms with Gasteiger partial charge in [-0.2, -0.15) is 10.4 Å². The molecule has 0 atom stereocenters. The van der Waals surface area contributed by atoms with Gasteiger partial charge >= 0.3 is 0 Å². The number of nitrogen functional groups attached to an aromatic ring is 1. The molecule has 18 heavy (non-hydrogen) atoms. The Morgan fingerprint density at radius 1 is 1.50 bits per heavy atom. The molecule has 0 aliphatic rings. The lowest BCUT2D eigenvalue weighted by atomic mass is 10.3. The van der Waals surface area contributed by atoms with Crippen molar-refractivity contribution in [3.8, 4) is 6.07 Å². The van der Waals surface area contributed by atoms with Crippen LogP contribution in [-0.2, 0) is 11.3 Å². The van der Waals surface area contributed by atoms with Crippen LogP contribution in [0.1, 0.15) is 12.8 Å². The molecule has 1 aromatic heterocycles. The molecule has 0 spiro atoms. The quantitative estimate of drug-likeness (QED) is 0.699. The minimum Gasteiger partial charge on any atom is -0.383 e. The molecular weight excluding hydrogens is 230 g/mol. The number of aromatic nitrogens is 2. The van der Waals surface area contributed by atoms with Gasteiger partial charge in [-0.15, -0.1) is 0 Å². The molecule has 1 aromatic rings. The summed E-state index contributed by atoms with van der Waals surface area (Å²) in [6, 6.07) is 3.96. The van der Waals surface area contributed by atoms with Crippen molar-refractivity contribution >= 4 is 5.82 Å². The van der Waals surface area contributed by atoms with Crippen LogP contribution in [0.25, 0.3) is 0 Å². The highest BCUT2D eigenvalue weighted by molar-refractivity contribution is 5.23. The normalized spacial score (nSPS) is 10.7. The lowest BCUT2D eigenvalue weighted by Crippen LogP contribution is -2.30. The Hall–Kier alpha value is -1.58. The van der Waals surface area contributed by atoms with E-state index in [4.69, 9.17) is 15.7 Å². The van der Waals surface area contributed by atoms with Crippen LogP contribution in [-0.4, -0.2) is 48.0 Å². The smallest absolute Gasteiger partial charge is 0.145 e. The van der Waals surface area contributed by atoms with Crippen molar-refractivity contribution in [1.82, 2.24) is 14.7 Å². The molecule has 0 fully saturated rings. The monoisotopic (exact) mass is 251 g/mol. The summed E-state index contributed by atoms with van der Waals surface area (Å²) < 4.78 is 6.90. The molecule has 6 nitrogen and oxygen atoms in total. The SMILES string of the molecule is COCCN(CCC#N)CCCn1ccc(N)n1. The lowest BCUT2D eigenvalue weighted by molar-refractivity contribution is 0.147. The largest absolute Gasteiger partial charge is 0.383 e. The van der Waals surface area contributed by atoms with Crippen LogP contribution in [0.3, 0.4) is 0 Å². The summed E-state index contributed by atoms with van der Waals surface area (Å²) in [5.74, 6) is 0.552. The van der Waals surface area contributed by atoms with E-state index in [1.165, 1.54) is 0 Å². The zero-order valence-corrected chi connectivity index (χ0v) is 10.9. The van der Waals surface area contributed by atoms with E-state index in [9.17, 15) is 0 Å². The summed E-state index contributed by atoms with van der Waals surface area (Å²) in [5, 5.41) is 12.7. The third kappa shape index (κ3) is 5.66. The fourth-order valence-electron chi connectivity index (χ4n) is 1.72. The average Bonchev–Trinajstić information content (AvgIpc) is 2.78. The molecule has 0 saturated heterocycles. The zero-order chi connectivity index (χ0) is 13.2. The molecular formula is C12H21N5O. The van der Waals surface area contributed by atoms with Crippen molar-refractivity contribution in [1.29, 1.82) is 5.26 Å². The number of hydrogen-bond donors (Lipinski definition) is 1. The Balaban J connectivity index is 2.25. The lowest BCUT2D eigenvalue weighted by Gasteiger charge is -2.20. The molecule has 1 heterocycles. The van der Waals surface area contributed by atoms with Gasteiger partial charge in [0.15, 0.2) is 0 Å². The Morgan fingerprint density at radius 3 is 2.94 bits per heavy atom. The molecule has 0 unspecified atom stereocenters. The number of ether oxygens (including phenoxy) is 1. The van der Waals surface area contributed by atoms with Gasteiger partial charge in [0, 0.05) is 45.9 Å². The predicted molar refractivity (Wildman–Crippen MR) is 69.8 cm³/mol. The predicted octanol–water partition coefficient (Wildman–Crippen LogP) is 0.717. The minimum absolute atomic E-state index is 0.552. The number of rotatable bonds is 9. The number of nitrogens with zero attached hydrogens (tertiary/aromatic N) is 4. The summed E-state index contributed by atoms with van der Waals surface area (Å²) in [4.78, 5) is 2.24. The van der Waals surface area contributed by atoms with E-state index in [-0.39, 0.29) is 0 Å². The van der Waals surface area contributed by atoms with Gasteiger partial charge in [0.2, 0.25) is 0 Å².